The molecule has 9 nitrogen and oxygen atoms in total. The molecular formula is C22H34N4O5S. The van der Waals surface area contributed by atoms with Crippen LogP contribution in [0.1, 0.15) is 32.3 Å². The van der Waals surface area contributed by atoms with E-state index in [4.69, 9.17) is 10.8 Å². The second kappa shape index (κ2) is 14.5. The standard InChI is InChI=1S/C22H34N4O5S/c1-14(2)11-18(21(30)24-13-19(27)28)26-22(31)17(9-10-32-3)25-20(29)16(23)12-15-7-5-4-6-8-15/h4-8,14,16-18H,9-13,23H2,1-3H3,(H,24,30)(H,25,29)(H,26,31)(H,27,28). The summed E-state index contributed by atoms with van der Waals surface area (Å²) in [7, 11) is 0. The maximum Gasteiger partial charge on any atom is 0.322 e. The molecule has 6 N–H and O–H groups in total. The number of hydrogen-bond acceptors (Lipinski definition) is 6. The molecule has 178 valence electrons. The number of nitrogens with one attached hydrogen (secondary N) is 3. The molecule has 0 saturated carbocycles. The first-order valence-electron chi connectivity index (χ1n) is 10.5. The summed E-state index contributed by atoms with van der Waals surface area (Å²) in [6.07, 6.45) is 2.91. The van der Waals surface area contributed by atoms with Gasteiger partial charge in [0.2, 0.25) is 17.7 Å². The summed E-state index contributed by atoms with van der Waals surface area (Å²) >= 11 is 1.53. The number of benzene rings is 1. The Labute approximate surface area is 193 Å². The van der Waals surface area contributed by atoms with Gasteiger partial charge in [-0.05, 0) is 42.8 Å². The molecule has 3 atom stereocenters. The van der Waals surface area contributed by atoms with Crippen molar-refractivity contribution in [3.05, 3.63) is 35.9 Å². The van der Waals surface area contributed by atoms with Gasteiger partial charge in [-0.15, -0.1) is 0 Å². The van der Waals surface area contributed by atoms with Gasteiger partial charge in [-0.1, -0.05) is 44.2 Å². The van der Waals surface area contributed by atoms with Crippen LogP contribution in [0.5, 0.6) is 0 Å². The molecule has 0 aliphatic rings. The zero-order valence-corrected chi connectivity index (χ0v) is 19.6. The van der Waals surface area contributed by atoms with Crippen LogP contribution in [0.25, 0.3) is 0 Å². The predicted octanol–water partition coefficient (Wildman–Crippen LogP) is 0.526. The quantitative estimate of drug-likeness (QED) is 0.268. The van der Waals surface area contributed by atoms with Gasteiger partial charge in [0.25, 0.3) is 0 Å². The molecule has 3 unspecified atom stereocenters. The van der Waals surface area contributed by atoms with Gasteiger partial charge >= 0.3 is 5.97 Å². The lowest BCUT2D eigenvalue weighted by atomic mass is 10.0. The Morgan fingerprint density at radius 3 is 2.19 bits per heavy atom. The molecule has 0 radical (unpaired) electrons. The van der Waals surface area contributed by atoms with Crippen molar-refractivity contribution in [3.8, 4) is 0 Å². The van der Waals surface area contributed by atoms with Gasteiger partial charge in [0.15, 0.2) is 0 Å². The van der Waals surface area contributed by atoms with Crippen LogP contribution in [0.2, 0.25) is 0 Å². The van der Waals surface area contributed by atoms with Gasteiger partial charge in [-0.3, -0.25) is 19.2 Å². The fourth-order valence-corrected chi connectivity index (χ4v) is 3.48. The van der Waals surface area contributed by atoms with Gasteiger partial charge in [0.05, 0.1) is 6.04 Å². The zero-order chi connectivity index (χ0) is 24.1. The molecule has 0 aliphatic carbocycles. The predicted molar refractivity (Wildman–Crippen MR) is 125 cm³/mol. The third kappa shape index (κ3) is 10.6. The molecule has 1 aromatic carbocycles. The molecule has 0 spiro atoms. The molecule has 0 fully saturated rings. The van der Waals surface area contributed by atoms with Gasteiger partial charge in [0.1, 0.15) is 18.6 Å². The highest BCUT2D eigenvalue weighted by atomic mass is 32.2. The van der Waals surface area contributed by atoms with Crippen LogP contribution in [0.4, 0.5) is 0 Å². The Balaban J connectivity index is 2.83. The van der Waals surface area contributed by atoms with Crippen molar-refractivity contribution in [1.29, 1.82) is 0 Å². The Bertz CT molecular complexity index is 760. The lowest BCUT2D eigenvalue weighted by Crippen LogP contribution is -2.56. The highest BCUT2D eigenvalue weighted by Crippen LogP contribution is 2.08. The van der Waals surface area contributed by atoms with E-state index in [1.165, 1.54) is 11.8 Å². The topological polar surface area (TPSA) is 151 Å². The van der Waals surface area contributed by atoms with Gasteiger partial charge in [-0.25, -0.2) is 0 Å². The number of aliphatic carboxylic acids is 1. The van der Waals surface area contributed by atoms with E-state index in [1.54, 1.807) is 0 Å². The van der Waals surface area contributed by atoms with Crippen LogP contribution in [0.15, 0.2) is 30.3 Å². The van der Waals surface area contributed by atoms with Gasteiger partial charge in [-0.2, -0.15) is 11.8 Å². The van der Waals surface area contributed by atoms with E-state index in [0.29, 0.717) is 25.0 Å². The minimum absolute atomic E-state index is 0.0782. The molecule has 0 heterocycles. The monoisotopic (exact) mass is 466 g/mol. The first-order valence-corrected chi connectivity index (χ1v) is 11.9. The second-order valence-electron chi connectivity index (χ2n) is 7.94. The summed E-state index contributed by atoms with van der Waals surface area (Å²) in [5.74, 6) is -2.02. The van der Waals surface area contributed by atoms with Crippen molar-refractivity contribution in [2.45, 2.75) is 51.2 Å². The summed E-state index contributed by atoms with van der Waals surface area (Å²) in [5.41, 5.74) is 6.95. The summed E-state index contributed by atoms with van der Waals surface area (Å²) in [4.78, 5) is 48.7. The number of thioether (sulfide) groups is 1. The number of rotatable bonds is 14. The first-order chi connectivity index (χ1) is 15.1. The number of carbonyl (C=O) groups is 4. The minimum atomic E-state index is -1.18. The Morgan fingerprint density at radius 1 is 1.00 bits per heavy atom. The normalized spacial score (nSPS) is 13.7. The molecule has 0 aliphatic heterocycles. The summed E-state index contributed by atoms with van der Waals surface area (Å²) < 4.78 is 0. The molecule has 32 heavy (non-hydrogen) atoms. The van der Waals surface area contributed by atoms with Gasteiger partial charge < -0.3 is 26.8 Å². The first kappa shape index (κ1) is 27.4. The average Bonchev–Trinajstić information content (AvgIpc) is 2.74. The Kier molecular flexibility index (Phi) is 12.4. The molecule has 1 aromatic rings. The van der Waals surface area contributed by atoms with Crippen LogP contribution in [-0.2, 0) is 25.6 Å². The van der Waals surface area contributed by atoms with Crippen LogP contribution >= 0.6 is 11.8 Å². The lowest BCUT2D eigenvalue weighted by molar-refractivity contribution is -0.138. The van der Waals surface area contributed by atoms with E-state index in [9.17, 15) is 19.2 Å². The molecular weight excluding hydrogens is 432 g/mol. The zero-order valence-electron chi connectivity index (χ0n) is 18.8. The number of carboxylic acid groups (broad SMARTS) is 1. The summed E-state index contributed by atoms with van der Waals surface area (Å²) in [6.45, 7) is 3.24. The maximum atomic E-state index is 12.9. The summed E-state index contributed by atoms with van der Waals surface area (Å²) in [5, 5.41) is 16.5. The summed E-state index contributed by atoms with van der Waals surface area (Å²) in [6, 6.07) is 6.74. The van der Waals surface area contributed by atoms with E-state index in [1.807, 2.05) is 50.4 Å². The third-order valence-corrected chi connectivity index (χ3v) is 5.28. The minimum Gasteiger partial charge on any atom is -0.480 e. The Morgan fingerprint density at radius 2 is 1.62 bits per heavy atom. The number of nitrogens with two attached hydrogens (primary N) is 1. The number of hydrogen-bond donors (Lipinski definition) is 5. The average molecular weight is 467 g/mol. The fourth-order valence-electron chi connectivity index (χ4n) is 3.01. The number of carbonyl (C=O) groups excluding carboxylic acids is 3. The van der Waals surface area contributed by atoms with Crippen molar-refractivity contribution in [1.82, 2.24) is 16.0 Å². The molecule has 3 amide bonds. The van der Waals surface area contributed by atoms with Crippen LogP contribution in [-0.4, -0.2) is 65.5 Å². The third-order valence-electron chi connectivity index (χ3n) is 4.63. The number of amides is 3. The van der Waals surface area contributed by atoms with E-state index in [2.05, 4.69) is 16.0 Å². The maximum absolute atomic E-state index is 12.9. The van der Waals surface area contributed by atoms with E-state index in [-0.39, 0.29) is 5.92 Å². The van der Waals surface area contributed by atoms with Crippen molar-refractivity contribution >= 4 is 35.5 Å². The van der Waals surface area contributed by atoms with E-state index < -0.39 is 48.4 Å². The van der Waals surface area contributed by atoms with Crippen molar-refractivity contribution in [3.63, 3.8) is 0 Å². The molecule has 0 aromatic heterocycles. The smallest absolute Gasteiger partial charge is 0.322 e. The van der Waals surface area contributed by atoms with Crippen molar-refractivity contribution < 1.29 is 24.3 Å². The van der Waals surface area contributed by atoms with Crippen molar-refractivity contribution in [2.24, 2.45) is 11.7 Å². The molecule has 1 rings (SSSR count). The number of carboxylic acids is 1. The second-order valence-corrected chi connectivity index (χ2v) is 8.93. The largest absolute Gasteiger partial charge is 0.480 e. The van der Waals surface area contributed by atoms with Crippen molar-refractivity contribution in [2.75, 3.05) is 18.6 Å². The van der Waals surface area contributed by atoms with Gasteiger partial charge in [0, 0.05) is 0 Å². The van der Waals surface area contributed by atoms with E-state index in [0.717, 1.165) is 5.56 Å². The fraction of sp³-hybridized carbons (Fsp3) is 0.545. The molecule has 0 saturated heterocycles. The highest BCUT2D eigenvalue weighted by Gasteiger charge is 2.28. The van der Waals surface area contributed by atoms with E-state index >= 15 is 0 Å². The van der Waals surface area contributed by atoms with Crippen LogP contribution in [0.3, 0.4) is 0 Å². The molecule has 0 bridgehead atoms. The lowest BCUT2D eigenvalue weighted by Gasteiger charge is -2.25. The molecule has 10 heteroatoms. The van der Waals surface area contributed by atoms with Crippen LogP contribution < -0.4 is 21.7 Å². The van der Waals surface area contributed by atoms with Crippen LogP contribution in [0, 0.1) is 5.92 Å². The SMILES string of the molecule is CSCCC(NC(=O)C(N)Cc1ccccc1)C(=O)NC(CC(C)C)C(=O)NCC(=O)O. The Hall–Kier alpha value is -2.59. The highest BCUT2D eigenvalue weighted by molar-refractivity contribution is 7.98.